The molecule has 0 fully saturated rings. The number of rotatable bonds is 6. The molecule has 1 heterocycles. The molecule has 90 valence electrons. The molecule has 1 amide bonds. The Morgan fingerprint density at radius 1 is 1.56 bits per heavy atom. The lowest BCUT2D eigenvalue weighted by atomic mass is 10.3. The smallest absolute Gasteiger partial charge is 0.229 e. The highest BCUT2D eigenvalue weighted by Gasteiger charge is 2.13. The van der Waals surface area contributed by atoms with Crippen LogP contribution in [0.3, 0.4) is 0 Å². The predicted molar refractivity (Wildman–Crippen MR) is 67.9 cm³/mol. The first-order valence-corrected chi connectivity index (χ1v) is 6.89. The number of amides is 1. The van der Waals surface area contributed by atoms with Crippen LogP contribution in [0.15, 0.2) is 5.38 Å². The third-order valence-corrected chi connectivity index (χ3v) is 3.44. The monoisotopic (exact) mass is 260 g/mol. The lowest BCUT2D eigenvalue weighted by Gasteiger charge is -2.19. The third kappa shape index (κ3) is 3.76. The largest absolute Gasteiger partial charge is 0.343 e. The van der Waals surface area contributed by atoms with Crippen LogP contribution >= 0.6 is 22.9 Å². The molecule has 0 bridgehead atoms. The normalized spacial score (nSPS) is 10.4. The summed E-state index contributed by atoms with van der Waals surface area (Å²) in [6.45, 7) is 5.66. The number of halogens is 1. The molecule has 1 aromatic heterocycles. The summed E-state index contributed by atoms with van der Waals surface area (Å²) >= 11 is 7.17. The predicted octanol–water partition coefficient (Wildman–Crippen LogP) is 2.68. The van der Waals surface area contributed by atoms with Gasteiger partial charge in [0.2, 0.25) is 5.91 Å². The van der Waals surface area contributed by atoms with Crippen LogP contribution in [0.25, 0.3) is 0 Å². The highest BCUT2D eigenvalue weighted by atomic mass is 35.5. The van der Waals surface area contributed by atoms with Crippen molar-refractivity contribution in [3.63, 3.8) is 0 Å². The minimum Gasteiger partial charge on any atom is -0.343 e. The van der Waals surface area contributed by atoms with E-state index in [0.717, 1.165) is 30.2 Å². The van der Waals surface area contributed by atoms with E-state index in [1.165, 1.54) is 11.3 Å². The zero-order chi connectivity index (χ0) is 12.0. The van der Waals surface area contributed by atoms with Crippen LogP contribution in [0.2, 0.25) is 0 Å². The molecule has 1 aromatic rings. The van der Waals surface area contributed by atoms with Crippen molar-refractivity contribution in [3.8, 4) is 0 Å². The topological polar surface area (TPSA) is 33.2 Å². The molecule has 0 saturated carbocycles. The van der Waals surface area contributed by atoms with Gasteiger partial charge >= 0.3 is 0 Å². The summed E-state index contributed by atoms with van der Waals surface area (Å²) in [5, 5.41) is 2.77. The molecule has 1 rings (SSSR count). The zero-order valence-electron chi connectivity index (χ0n) is 9.70. The fraction of sp³-hybridized carbons (Fsp3) is 0.636. The molecule has 0 aliphatic heterocycles. The van der Waals surface area contributed by atoms with Gasteiger partial charge in [-0.05, 0) is 13.3 Å². The molecule has 0 aliphatic carbocycles. The average molecular weight is 261 g/mol. The van der Waals surface area contributed by atoms with Gasteiger partial charge in [0.1, 0.15) is 5.01 Å². The molecule has 0 saturated heterocycles. The van der Waals surface area contributed by atoms with Crippen LogP contribution in [0.4, 0.5) is 0 Å². The van der Waals surface area contributed by atoms with E-state index < -0.39 is 0 Å². The standard InChI is InChI=1S/C11H17ClN2OS/c1-3-5-14(4-2)11(15)6-10-13-9(7-12)8-16-10/h8H,3-7H2,1-2H3. The van der Waals surface area contributed by atoms with Crippen molar-refractivity contribution in [2.45, 2.75) is 32.6 Å². The average Bonchev–Trinajstić information content (AvgIpc) is 2.73. The van der Waals surface area contributed by atoms with E-state index in [4.69, 9.17) is 11.6 Å². The Morgan fingerprint density at radius 3 is 2.81 bits per heavy atom. The van der Waals surface area contributed by atoms with Gasteiger partial charge in [-0.1, -0.05) is 6.92 Å². The molecule has 0 aromatic carbocycles. The van der Waals surface area contributed by atoms with Crippen molar-refractivity contribution in [2.75, 3.05) is 13.1 Å². The molecule has 0 unspecified atom stereocenters. The minimum absolute atomic E-state index is 0.153. The van der Waals surface area contributed by atoms with Gasteiger partial charge in [0.25, 0.3) is 0 Å². The van der Waals surface area contributed by atoms with Gasteiger partial charge in [-0.3, -0.25) is 4.79 Å². The molecule has 0 spiro atoms. The Balaban J connectivity index is 2.55. The van der Waals surface area contributed by atoms with Gasteiger partial charge in [0.15, 0.2) is 0 Å². The summed E-state index contributed by atoms with van der Waals surface area (Å²) in [5.41, 5.74) is 0.855. The summed E-state index contributed by atoms with van der Waals surface area (Å²) in [6, 6.07) is 0. The second kappa shape index (κ2) is 6.86. The first-order chi connectivity index (χ1) is 7.71. The van der Waals surface area contributed by atoms with Crippen molar-refractivity contribution in [1.29, 1.82) is 0 Å². The number of alkyl halides is 1. The van der Waals surface area contributed by atoms with E-state index in [2.05, 4.69) is 11.9 Å². The van der Waals surface area contributed by atoms with E-state index in [1.54, 1.807) is 0 Å². The number of hydrogen-bond donors (Lipinski definition) is 0. The minimum atomic E-state index is 0.153. The number of hydrogen-bond acceptors (Lipinski definition) is 3. The van der Waals surface area contributed by atoms with Crippen LogP contribution in [-0.2, 0) is 17.1 Å². The summed E-state index contributed by atoms with van der Waals surface area (Å²) in [4.78, 5) is 18.0. The molecule has 0 N–H and O–H groups in total. The Morgan fingerprint density at radius 2 is 2.31 bits per heavy atom. The molecule has 3 nitrogen and oxygen atoms in total. The fourth-order valence-electron chi connectivity index (χ4n) is 1.46. The lowest BCUT2D eigenvalue weighted by Crippen LogP contribution is -2.32. The van der Waals surface area contributed by atoms with Crippen LogP contribution in [0.1, 0.15) is 31.0 Å². The van der Waals surface area contributed by atoms with E-state index in [0.29, 0.717) is 12.3 Å². The number of thiazole rings is 1. The van der Waals surface area contributed by atoms with Crippen molar-refractivity contribution in [3.05, 3.63) is 16.1 Å². The highest BCUT2D eigenvalue weighted by molar-refractivity contribution is 7.09. The van der Waals surface area contributed by atoms with Gasteiger partial charge in [0, 0.05) is 18.5 Å². The summed E-state index contributed by atoms with van der Waals surface area (Å²) in [6.07, 6.45) is 1.39. The Hall–Kier alpha value is -0.610. The number of nitrogens with zero attached hydrogens (tertiary/aromatic N) is 2. The van der Waals surface area contributed by atoms with E-state index >= 15 is 0 Å². The maximum Gasteiger partial charge on any atom is 0.229 e. The van der Waals surface area contributed by atoms with E-state index in [1.807, 2.05) is 17.2 Å². The third-order valence-electron chi connectivity index (χ3n) is 2.27. The van der Waals surface area contributed by atoms with Gasteiger partial charge in [-0.15, -0.1) is 22.9 Å². The lowest BCUT2D eigenvalue weighted by molar-refractivity contribution is -0.130. The molecule has 0 radical (unpaired) electrons. The molecular formula is C11H17ClN2OS. The van der Waals surface area contributed by atoms with Gasteiger partial charge < -0.3 is 4.90 Å². The second-order valence-electron chi connectivity index (χ2n) is 3.52. The Labute approximate surface area is 105 Å². The maximum atomic E-state index is 11.9. The Bertz CT molecular complexity index is 340. The zero-order valence-corrected chi connectivity index (χ0v) is 11.3. The van der Waals surface area contributed by atoms with E-state index in [-0.39, 0.29) is 5.91 Å². The van der Waals surface area contributed by atoms with Gasteiger partial charge in [0.05, 0.1) is 18.0 Å². The molecule has 0 aliphatic rings. The van der Waals surface area contributed by atoms with Crippen molar-refractivity contribution >= 4 is 28.8 Å². The summed E-state index contributed by atoms with van der Waals surface area (Å²) < 4.78 is 0. The maximum absolute atomic E-state index is 11.9. The molecule has 16 heavy (non-hydrogen) atoms. The van der Waals surface area contributed by atoms with Crippen molar-refractivity contribution < 1.29 is 4.79 Å². The van der Waals surface area contributed by atoms with Gasteiger partial charge in [-0.25, -0.2) is 4.98 Å². The second-order valence-corrected chi connectivity index (χ2v) is 4.73. The number of carbonyl (C=O) groups excluding carboxylic acids is 1. The first-order valence-electron chi connectivity index (χ1n) is 5.48. The van der Waals surface area contributed by atoms with Crippen LogP contribution in [0.5, 0.6) is 0 Å². The van der Waals surface area contributed by atoms with Crippen molar-refractivity contribution in [1.82, 2.24) is 9.88 Å². The number of aromatic nitrogens is 1. The highest BCUT2D eigenvalue weighted by Crippen LogP contribution is 2.13. The SMILES string of the molecule is CCCN(CC)C(=O)Cc1nc(CCl)cs1. The Kier molecular flexibility index (Phi) is 5.77. The fourth-order valence-corrected chi connectivity index (χ4v) is 2.48. The summed E-state index contributed by atoms with van der Waals surface area (Å²) in [5.74, 6) is 0.566. The van der Waals surface area contributed by atoms with Crippen LogP contribution in [0, 0.1) is 0 Å². The quantitative estimate of drug-likeness (QED) is 0.737. The van der Waals surface area contributed by atoms with Crippen LogP contribution < -0.4 is 0 Å². The molecular weight excluding hydrogens is 244 g/mol. The van der Waals surface area contributed by atoms with Gasteiger partial charge in [-0.2, -0.15) is 0 Å². The first kappa shape index (κ1) is 13.5. The number of carbonyl (C=O) groups is 1. The number of likely N-dealkylation sites (N-methyl/N-ethyl adjacent to an activating group) is 1. The van der Waals surface area contributed by atoms with E-state index in [9.17, 15) is 4.79 Å². The summed E-state index contributed by atoms with van der Waals surface area (Å²) in [7, 11) is 0. The van der Waals surface area contributed by atoms with Crippen molar-refractivity contribution in [2.24, 2.45) is 0 Å². The molecule has 5 heteroatoms. The van der Waals surface area contributed by atoms with Crippen LogP contribution in [-0.4, -0.2) is 28.9 Å². The molecule has 0 atom stereocenters.